The normalized spacial score (nSPS) is 13.2. The van der Waals surface area contributed by atoms with Crippen LogP contribution in [-0.4, -0.2) is 121 Å². The Bertz CT molecular complexity index is 4150. The quantitative estimate of drug-likeness (QED) is 0.0172. The zero-order chi connectivity index (χ0) is 120. The lowest BCUT2D eigenvalue weighted by atomic mass is 9.85. The van der Waals surface area contributed by atoms with E-state index in [1.807, 2.05) is 69.2 Å². The molecule has 1 amide bonds. The van der Waals surface area contributed by atoms with E-state index in [-0.39, 0.29) is 50.9 Å². The Morgan fingerprint density at radius 3 is 0.613 bits per heavy atom. The molecule has 5 aromatic rings. The second-order valence-electron chi connectivity index (χ2n) is 48.6. The van der Waals surface area contributed by atoms with Gasteiger partial charge in [-0.2, -0.15) is 26.3 Å². The molecule has 0 aliphatic rings. The summed E-state index contributed by atoms with van der Waals surface area (Å²) in [5, 5.41) is 44.8. The summed E-state index contributed by atoms with van der Waals surface area (Å²) in [5.74, 6) is 0.873. The van der Waals surface area contributed by atoms with Gasteiger partial charge in [-0.3, -0.25) is 38.4 Å². The molecule has 0 fully saturated rings. The van der Waals surface area contributed by atoms with Crippen LogP contribution in [0.25, 0.3) is 0 Å². The molecule has 0 aliphatic heterocycles. The van der Waals surface area contributed by atoms with Crippen molar-refractivity contribution in [1.29, 1.82) is 0 Å². The van der Waals surface area contributed by atoms with Gasteiger partial charge in [-0.25, -0.2) is 0 Å². The fourth-order valence-electron chi connectivity index (χ4n) is 9.87. The van der Waals surface area contributed by atoms with Crippen LogP contribution in [0.15, 0.2) is 121 Å². The van der Waals surface area contributed by atoms with Gasteiger partial charge in [-0.1, -0.05) is 272 Å². The molecule has 5 rings (SSSR count). The van der Waals surface area contributed by atoms with E-state index in [0.29, 0.717) is 68.1 Å². The first-order chi connectivity index (χ1) is 67.6. The zero-order valence-corrected chi connectivity index (χ0v) is 103. The van der Waals surface area contributed by atoms with Gasteiger partial charge in [0.05, 0.1) is 38.4 Å². The number of carbonyl (C=O) groups excluding carboxylic acids is 3. The monoisotopic (exact) mass is 2130 g/mol. The van der Waals surface area contributed by atoms with Crippen LogP contribution in [0, 0.1) is 43.8 Å². The lowest BCUT2D eigenvalue weighted by Gasteiger charge is -2.24. The molecule has 19 nitrogen and oxygen atoms in total. The number of carbonyl (C=O) groups is 8. The molecule has 7 atom stereocenters. The largest absolute Gasteiger partial charge is 0.488 e. The van der Waals surface area contributed by atoms with Crippen molar-refractivity contribution in [2.75, 3.05) is 6.61 Å². The van der Waals surface area contributed by atoms with Crippen molar-refractivity contribution in [1.82, 2.24) is 5.32 Å². The molecule has 6 N–H and O–H groups in total. The van der Waals surface area contributed by atoms with Gasteiger partial charge in [-0.05, 0) is 365 Å². The third-order valence-electron chi connectivity index (χ3n) is 26.2. The molecule has 0 bridgehead atoms. The van der Waals surface area contributed by atoms with Crippen molar-refractivity contribution in [2.45, 2.75) is 518 Å². The first-order valence-corrected chi connectivity index (χ1v) is 54.1. The third-order valence-corrected chi connectivity index (χ3v) is 26.2. The fourth-order valence-corrected chi connectivity index (χ4v) is 9.87. The lowest BCUT2D eigenvalue weighted by molar-refractivity contribution is -0.221. The predicted octanol–water partition coefficient (Wildman–Crippen LogP) is 36.7. The molecule has 0 aliphatic carbocycles. The number of benzene rings is 5. The highest BCUT2D eigenvalue weighted by Gasteiger charge is 2.42. The van der Waals surface area contributed by atoms with Crippen molar-refractivity contribution < 1.29 is 114 Å². The molecule has 25 heteroatoms. The van der Waals surface area contributed by atoms with Crippen molar-refractivity contribution in [3.05, 3.63) is 160 Å². The summed E-state index contributed by atoms with van der Waals surface area (Å²) in [4.78, 5) is 84.6. The average Bonchev–Trinajstić information content (AvgIpc) is 0.821. The summed E-state index contributed by atoms with van der Waals surface area (Å²) < 4.78 is 96.7. The molecule has 0 radical (unpaired) electrons. The molecule has 7 unspecified atom stereocenters. The van der Waals surface area contributed by atoms with Crippen LogP contribution in [0.2, 0.25) is 0 Å². The molecular formula is C125H215F6NO18. The fraction of sp³-hybridized carbons (Fsp3) is 0.696. The Morgan fingerprint density at radius 2 is 0.480 bits per heavy atom. The number of carboxylic acids is 5. The minimum absolute atomic E-state index is 0.113. The molecular weight excluding hydrogens is 1920 g/mol. The van der Waals surface area contributed by atoms with Gasteiger partial charge in [0.2, 0.25) is 5.91 Å². The number of halogens is 6. The lowest BCUT2D eigenvalue weighted by Crippen LogP contribution is -2.40. The molecule has 0 saturated carbocycles. The standard InChI is InChI=1S/3C14H22O.2C14H22.C9H15F3O2.C9H19NO.C8H13F3O2.4C6H12O2.C5H10O2/c3*1-6-11(2)12-7-9-13(10-8-12)15-14(3,4)5;2*1-6-11(2)12-7-9-13(10-8-12)14(3,4)5;1-5-8(3,4)7(13)14-6(2)9(10,11)12;1-6-9(4,5)8(11)10-7(2)3;1-4-7(2,3)6(12)13-5-8(9,10)11;4*1-4-6(2,3)5(7)8;1-3-4(2)5(6)7/h3*7-11H,6H2,1-5H3;2*7-11H,6H2,1-5H3;6H,5H2,1-4H3;7H,6H2,1-5H3,(H,10,11);4-5H2,1-3H3;4*4H2,1-3H3,(H,7,8);4H,3H2,1-2H3,(H,6,7). The van der Waals surface area contributed by atoms with E-state index in [1.54, 1.807) is 104 Å². The summed E-state index contributed by atoms with van der Waals surface area (Å²) >= 11 is 0. The number of hydrogen-bond donors (Lipinski definition) is 6. The van der Waals surface area contributed by atoms with Crippen molar-refractivity contribution in [2.24, 2.45) is 43.8 Å². The molecule has 0 spiro atoms. The van der Waals surface area contributed by atoms with Crippen LogP contribution < -0.4 is 19.5 Å². The molecule has 870 valence electrons. The second kappa shape index (κ2) is 72.5. The van der Waals surface area contributed by atoms with Crippen LogP contribution in [-0.2, 0) is 58.7 Å². The Kier molecular flexibility index (Phi) is 75.4. The van der Waals surface area contributed by atoms with Gasteiger partial charge < -0.3 is 54.5 Å². The van der Waals surface area contributed by atoms with Gasteiger partial charge >= 0.3 is 54.1 Å². The van der Waals surface area contributed by atoms with E-state index in [9.17, 15) is 64.7 Å². The number of alkyl halides is 6. The predicted molar refractivity (Wildman–Crippen MR) is 612 cm³/mol. The number of rotatable bonds is 32. The van der Waals surface area contributed by atoms with E-state index < -0.39 is 99.3 Å². The number of ether oxygens (including phenoxy) is 5. The number of amides is 1. The minimum atomic E-state index is -4.49. The third kappa shape index (κ3) is 75.6. The second-order valence-corrected chi connectivity index (χ2v) is 48.6. The molecule has 0 heterocycles. The summed E-state index contributed by atoms with van der Waals surface area (Å²) in [6.45, 7) is 98.2. The van der Waals surface area contributed by atoms with Gasteiger partial charge in [0.15, 0.2) is 12.7 Å². The number of hydrogen-bond acceptors (Lipinski definition) is 13. The van der Waals surface area contributed by atoms with Crippen molar-refractivity contribution in [3.63, 3.8) is 0 Å². The number of esters is 2. The van der Waals surface area contributed by atoms with E-state index in [2.05, 4.69) is 309 Å². The molecule has 150 heavy (non-hydrogen) atoms. The first kappa shape index (κ1) is 156. The number of nitrogens with one attached hydrogen (secondary N) is 1. The van der Waals surface area contributed by atoms with Crippen LogP contribution in [0.4, 0.5) is 26.3 Å². The topological polar surface area (TPSA) is 296 Å². The van der Waals surface area contributed by atoms with Gasteiger partial charge in [0.25, 0.3) is 0 Å². The highest BCUT2D eigenvalue weighted by molar-refractivity contribution is 5.82. The number of aliphatic carboxylic acids is 5. The first-order valence-electron chi connectivity index (χ1n) is 54.1. The maximum absolute atomic E-state index is 12.0. The van der Waals surface area contributed by atoms with Crippen LogP contribution in [0.3, 0.4) is 0 Å². The molecule has 0 aromatic heterocycles. The van der Waals surface area contributed by atoms with E-state index in [4.69, 9.17) is 39.7 Å². The maximum Gasteiger partial charge on any atom is 0.425 e. The Morgan fingerprint density at radius 1 is 0.280 bits per heavy atom. The van der Waals surface area contributed by atoms with Gasteiger partial charge in [-0.15, -0.1) is 0 Å². The average molecular weight is 2130 g/mol. The Balaban J connectivity index is -0.000000245. The molecule has 5 aromatic carbocycles. The summed E-state index contributed by atoms with van der Waals surface area (Å²) in [6.07, 6.45) is 0.220. The van der Waals surface area contributed by atoms with E-state index in [1.165, 1.54) is 71.0 Å². The highest BCUT2D eigenvalue weighted by Crippen LogP contribution is 2.34. The summed E-state index contributed by atoms with van der Waals surface area (Å²) in [6, 6.07) is 43.7. The van der Waals surface area contributed by atoms with E-state index >= 15 is 0 Å². The Labute approximate surface area is 908 Å². The van der Waals surface area contributed by atoms with Gasteiger partial charge in [0.1, 0.15) is 34.1 Å². The maximum atomic E-state index is 12.0. The number of carboxylic acid groups (broad SMARTS) is 5. The highest BCUT2D eigenvalue weighted by atomic mass is 19.4. The van der Waals surface area contributed by atoms with Crippen molar-refractivity contribution in [3.8, 4) is 17.2 Å². The van der Waals surface area contributed by atoms with Crippen LogP contribution in [0.1, 0.15) is 505 Å². The van der Waals surface area contributed by atoms with Crippen LogP contribution >= 0.6 is 0 Å². The van der Waals surface area contributed by atoms with Crippen molar-refractivity contribution >= 4 is 47.7 Å². The van der Waals surface area contributed by atoms with Crippen LogP contribution in [0.5, 0.6) is 17.2 Å². The zero-order valence-electron chi connectivity index (χ0n) is 103. The summed E-state index contributed by atoms with van der Waals surface area (Å²) in [7, 11) is 0. The van der Waals surface area contributed by atoms with Gasteiger partial charge in [0, 0.05) is 11.5 Å². The summed E-state index contributed by atoms with van der Waals surface area (Å²) in [5.41, 5.74) is 6.04. The molecule has 0 saturated heterocycles. The van der Waals surface area contributed by atoms with E-state index in [0.717, 1.165) is 37.0 Å². The SMILES string of the molecule is CCC(C)(C)C(=O)NC(C)C.CCC(C)(C)C(=O)O.CCC(C)(C)C(=O)O.CCC(C)(C)C(=O)O.CCC(C)(C)C(=O)O.CCC(C)(C)C(=O)OC(C)C(F)(F)F.CCC(C)(C)C(=O)OCC(F)(F)F.CCC(C)C(=O)O.CCC(C)c1ccc(C(C)(C)C)cc1.CCC(C)c1ccc(C(C)(C)C)cc1.CCC(C)c1ccc(OC(C)(C)C)cc1.CCC(C)c1ccc(OC(C)(C)C)cc1.CCC(C)c1ccc(OC(C)(C)C)cc1. The smallest absolute Gasteiger partial charge is 0.425 e. The Hall–Kier alpha value is -9.16. The minimum Gasteiger partial charge on any atom is -0.488 e.